The molecule has 1 unspecified atom stereocenters. The molecule has 0 bridgehead atoms. The van der Waals surface area contributed by atoms with Gasteiger partial charge in [0.05, 0.1) is 7.11 Å². The third-order valence-corrected chi connectivity index (χ3v) is 3.32. The SMILES string of the molecule is COC(=O)C(C(=O)c1ccc(F)cc1)c1cc(C)ccc1O. The van der Waals surface area contributed by atoms with E-state index in [2.05, 4.69) is 4.74 Å². The number of benzene rings is 2. The first kappa shape index (κ1) is 15.7. The third-order valence-electron chi connectivity index (χ3n) is 3.32. The highest BCUT2D eigenvalue weighted by Gasteiger charge is 2.32. The maximum absolute atomic E-state index is 13.0. The topological polar surface area (TPSA) is 63.6 Å². The van der Waals surface area contributed by atoms with E-state index in [9.17, 15) is 19.1 Å². The maximum atomic E-state index is 13.0. The van der Waals surface area contributed by atoms with E-state index in [4.69, 9.17) is 0 Å². The van der Waals surface area contributed by atoms with Crippen LogP contribution in [0.25, 0.3) is 0 Å². The monoisotopic (exact) mass is 302 g/mol. The van der Waals surface area contributed by atoms with Crippen LogP contribution in [0.15, 0.2) is 42.5 Å². The number of carbonyl (C=O) groups is 2. The molecule has 2 aromatic carbocycles. The number of esters is 1. The number of carbonyl (C=O) groups excluding carboxylic acids is 2. The highest BCUT2D eigenvalue weighted by molar-refractivity contribution is 6.13. The molecule has 2 aromatic rings. The Hall–Kier alpha value is -2.69. The van der Waals surface area contributed by atoms with Gasteiger partial charge in [-0.3, -0.25) is 9.59 Å². The number of methoxy groups -OCH3 is 1. The molecule has 114 valence electrons. The van der Waals surface area contributed by atoms with Gasteiger partial charge in [-0.05, 0) is 37.3 Å². The number of aromatic hydroxyl groups is 1. The summed E-state index contributed by atoms with van der Waals surface area (Å²) in [4.78, 5) is 24.6. The summed E-state index contributed by atoms with van der Waals surface area (Å²) < 4.78 is 17.7. The molecule has 0 radical (unpaired) electrons. The molecule has 0 fully saturated rings. The van der Waals surface area contributed by atoms with E-state index < -0.39 is 23.5 Å². The number of hydrogen-bond acceptors (Lipinski definition) is 4. The first-order valence-corrected chi connectivity index (χ1v) is 6.61. The van der Waals surface area contributed by atoms with Gasteiger partial charge < -0.3 is 9.84 Å². The van der Waals surface area contributed by atoms with E-state index in [0.717, 1.165) is 17.7 Å². The van der Waals surface area contributed by atoms with Crippen molar-refractivity contribution in [2.75, 3.05) is 7.11 Å². The van der Waals surface area contributed by atoms with Crippen LogP contribution >= 0.6 is 0 Å². The summed E-state index contributed by atoms with van der Waals surface area (Å²) in [6.45, 7) is 1.78. The summed E-state index contributed by atoms with van der Waals surface area (Å²) in [7, 11) is 1.17. The standard InChI is InChI=1S/C17H15FO4/c1-10-3-8-14(19)13(9-10)15(17(21)22-2)16(20)11-4-6-12(18)7-5-11/h3-9,15,19H,1-2H3. The van der Waals surface area contributed by atoms with E-state index in [-0.39, 0.29) is 16.9 Å². The molecule has 0 amide bonds. The molecule has 5 heteroatoms. The average molecular weight is 302 g/mol. The number of Topliss-reactive ketones (excluding diaryl/α,β-unsaturated/α-hetero) is 1. The molecule has 2 rings (SSSR count). The van der Waals surface area contributed by atoms with Gasteiger partial charge in [0.15, 0.2) is 5.78 Å². The molecular weight excluding hydrogens is 287 g/mol. The second-order valence-electron chi connectivity index (χ2n) is 4.89. The Bertz CT molecular complexity index is 707. The van der Waals surface area contributed by atoms with E-state index >= 15 is 0 Å². The van der Waals surface area contributed by atoms with Crippen LogP contribution in [0.3, 0.4) is 0 Å². The normalized spacial score (nSPS) is 11.8. The minimum absolute atomic E-state index is 0.165. The highest BCUT2D eigenvalue weighted by Crippen LogP contribution is 2.30. The molecule has 1 atom stereocenters. The lowest BCUT2D eigenvalue weighted by molar-refractivity contribution is -0.141. The van der Waals surface area contributed by atoms with Crippen molar-refractivity contribution in [2.45, 2.75) is 12.8 Å². The zero-order valence-corrected chi connectivity index (χ0v) is 12.2. The molecule has 0 heterocycles. The van der Waals surface area contributed by atoms with Crippen molar-refractivity contribution in [3.63, 3.8) is 0 Å². The largest absolute Gasteiger partial charge is 0.508 e. The Labute approximate surface area is 127 Å². The fourth-order valence-electron chi connectivity index (χ4n) is 2.18. The van der Waals surface area contributed by atoms with Crippen LogP contribution in [0.2, 0.25) is 0 Å². The molecule has 0 aromatic heterocycles. The van der Waals surface area contributed by atoms with E-state index in [1.165, 1.54) is 25.3 Å². The van der Waals surface area contributed by atoms with Crippen LogP contribution in [-0.4, -0.2) is 24.0 Å². The van der Waals surface area contributed by atoms with Gasteiger partial charge in [0.2, 0.25) is 0 Å². The van der Waals surface area contributed by atoms with Gasteiger partial charge in [0, 0.05) is 11.1 Å². The molecule has 22 heavy (non-hydrogen) atoms. The number of ketones is 1. The second kappa shape index (κ2) is 6.39. The van der Waals surface area contributed by atoms with E-state index in [0.29, 0.717) is 0 Å². The summed E-state index contributed by atoms with van der Waals surface area (Å²) in [5, 5.41) is 9.97. The van der Waals surface area contributed by atoms with Crippen LogP contribution in [0.1, 0.15) is 27.4 Å². The number of ether oxygens (including phenoxy) is 1. The Balaban J connectivity index is 2.50. The molecule has 0 saturated heterocycles. The van der Waals surface area contributed by atoms with Crippen molar-refractivity contribution in [3.05, 3.63) is 65.0 Å². The third kappa shape index (κ3) is 3.14. The maximum Gasteiger partial charge on any atom is 0.321 e. The van der Waals surface area contributed by atoms with Gasteiger partial charge >= 0.3 is 5.97 Å². The Morgan fingerprint density at radius 1 is 1.14 bits per heavy atom. The number of phenolic OH excluding ortho intramolecular Hbond substituents is 1. The van der Waals surface area contributed by atoms with Crippen molar-refractivity contribution in [2.24, 2.45) is 0 Å². The fraction of sp³-hybridized carbons (Fsp3) is 0.176. The Morgan fingerprint density at radius 3 is 2.36 bits per heavy atom. The summed E-state index contributed by atoms with van der Waals surface area (Å²) >= 11 is 0. The first-order chi connectivity index (χ1) is 10.4. The summed E-state index contributed by atoms with van der Waals surface area (Å²) in [5.41, 5.74) is 1.12. The molecular formula is C17H15FO4. The minimum atomic E-state index is -1.30. The number of hydrogen-bond donors (Lipinski definition) is 1. The van der Waals surface area contributed by atoms with Gasteiger partial charge in [-0.2, -0.15) is 0 Å². The van der Waals surface area contributed by atoms with E-state index in [1.807, 2.05) is 0 Å². The number of phenols is 1. The first-order valence-electron chi connectivity index (χ1n) is 6.61. The van der Waals surface area contributed by atoms with Crippen LogP contribution in [0.4, 0.5) is 4.39 Å². The lowest BCUT2D eigenvalue weighted by atomic mass is 9.89. The molecule has 0 spiro atoms. The van der Waals surface area contributed by atoms with Crippen LogP contribution < -0.4 is 0 Å². The Kier molecular flexibility index (Phi) is 4.56. The molecule has 0 aliphatic heterocycles. The van der Waals surface area contributed by atoms with Gasteiger partial charge in [-0.15, -0.1) is 0 Å². The predicted molar refractivity (Wildman–Crippen MR) is 78.3 cm³/mol. The van der Waals surface area contributed by atoms with Crippen LogP contribution in [-0.2, 0) is 9.53 Å². The predicted octanol–water partition coefficient (Wildman–Crippen LogP) is 2.98. The van der Waals surface area contributed by atoms with Crippen molar-refractivity contribution < 1.29 is 23.8 Å². The van der Waals surface area contributed by atoms with Crippen molar-refractivity contribution >= 4 is 11.8 Å². The van der Waals surface area contributed by atoms with Crippen LogP contribution in [0, 0.1) is 12.7 Å². The minimum Gasteiger partial charge on any atom is -0.508 e. The fourth-order valence-corrected chi connectivity index (χ4v) is 2.18. The van der Waals surface area contributed by atoms with Crippen LogP contribution in [0.5, 0.6) is 5.75 Å². The van der Waals surface area contributed by atoms with Gasteiger partial charge in [0.25, 0.3) is 0 Å². The van der Waals surface area contributed by atoms with Gasteiger partial charge in [0.1, 0.15) is 17.5 Å². The lowest BCUT2D eigenvalue weighted by Gasteiger charge is -2.16. The molecule has 0 aliphatic carbocycles. The average Bonchev–Trinajstić information content (AvgIpc) is 2.51. The molecule has 4 nitrogen and oxygen atoms in total. The van der Waals surface area contributed by atoms with Crippen molar-refractivity contribution in [1.29, 1.82) is 0 Å². The van der Waals surface area contributed by atoms with Crippen molar-refractivity contribution in [1.82, 2.24) is 0 Å². The molecule has 0 aliphatic rings. The second-order valence-corrected chi connectivity index (χ2v) is 4.89. The van der Waals surface area contributed by atoms with Gasteiger partial charge in [-0.1, -0.05) is 17.7 Å². The summed E-state index contributed by atoms with van der Waals surface area (Å²) in [6.07, 6.45) is 0. The smallest absolute Gasteiger partial charge is 0.321 e. The summed E-state index contributed by atoms with van der Waals surface area (Å²) in [6, 6.07) is 9.49. The van der Waals surface area contributed by atoms with Gasteiger partial charge in [-0.25, -0.2) is 4.39 Å². The number of halogens is 1. The molecule has 1 N–H and O–H groups in total. The zero-order valence-electron chi connectivity index (χ0n) is 12.2. The number of rotatable bonds is 4. The zero-order chi connectivity index (χ0) is 16.3. The number of aryl methyl sites for hydroxylation is 1. The highest BCUT2D eigenvalue weighted by atomic mass is 19.1. The quantitative estimate of drug-likeness (QED) is 0.536. The summed E-state index contributed by atoms with van der Waals surface area (Å²) in [5.74, 6) is -3.29. The van der Waals surface area contributed by atoms with E-state index in [1.54, 1.807) is 19.1 Å². The van der Waals surface area contributed by atoms with Crippen molar-refractivity contribution in [3.8, 4) is 5.75 Å². The molecule has 0 saturated carbocycles. The Morgan fingerprint density at radius 2 is 1.77 bits per heavy atom. The lowest BCUT2D eigenvalue weighted by Crippen LogP contribution is -2.23.